The summed E-state index contributed by atoms with van der Waals surface area (Å²) >= 11 is 0. The largest absolute Gasteiger partial charge is 0.576 e. The Morgan fingerprint density at radius 3 is 1.91 bits per heavy atom. The van der Waals surface area contributed by atoms with Gasteiger partial charge in [0.05, 0.1) is 0 Å². The molecule has 0 aromatic carbocycles. The first kappa shape index (κ1) is 18.7. The summed E-state index contributed by atoms with van der Waals surface area (Å²) in [6.07, 6.45) is 0.453. The molecular formula is C12H26N6O3Si. The molecule has 0 spiro atoms. The minimum atomic E-state index is -3.34. The Labute approximate surface area is 131 Å². The lowest BCUT2D eigenvalue weighted by Gasteiger charge is -2.30. The van der Waals surface area contributed by atoms with Gasteiger partial charge in [-0.3, -0.25) is 0 Å². The first-order valence-electron chi connectivity index (χ1n) is 7.31. The van der Waals surface area contributed by atoms with Crippen LogP contribution < -0.4 is 22.6 Å². The minimum absolute atomic E-state index is 0.00206. The van der Waals surface area contributed by atoms with Crippen molar-refractivity contribution in [3.8, 4) is 0 Å². The van der Waals surface area contributed by atoms with E-state index in [-0.39, 0.29) is 29.5 Å². The number of nitrogens with zero attached hydrogens (tertiary/aromatic N) is 3. The maximum atomic E-state index is 6.08. The zero-order chi connectivity index (χ0) is 16.8. The van der Waals surface area contributed by atoms with E-state index in [1.165, 1.54) is 0 Å². The third kappa shape index (κ3) is 5.14. The smallest absolute Gasteiger partial charge is 0.369 e. The van der Waals surface area contributed by atoms with Gasteiger partial charge in [-0.15, -0.1) is 0 Å². The van der Waals surface area contributed by atoms with Gasteiger partial charge < -0.3 is 30.5 Å². The van der Waals surface area contributed by atoms with Crippen molar-refractivity contribution in [1.82, 2.24) is 15.0 Å². The molecule has 2 atom stereocenters. The molecule has 1 rings (SSSR count). The van der Waals surface area contributed by atoms with Crippen molar-refractivity contribution in [2.45, 2.75) is 46.3 Å². The van der Waals surface area contributed by atoms with Gasteiger partial charge in [-0.05, 0) is 34.1 Å². The molecule has 0 bridgehead atoms. The molecule has 1 aromatic rings. The number of aromatic nitrogens is 3. The predicted molar refractivity (Wildman–Crippen MR) is 86.1 cm³/mol. The maximum absolute atomic E-state index is 6.08. The Balaban J connectivity index is 3.18. The number of hydrogen-bond donors (Lipinski definition) is 3. The van der Waals surface area contributed by atoms with Gasteiger partial charge in [0.1, 0.15) is 0 Å². The van der Waals surface area contributed by atoms with Crippen molar-refractivity contribution < 1.29 is 13.3 Å². The molecule has 9 nitrogen and oxygen atoms in total. The van der Waals surface area contributed by atoms with E-state index >= 15 is 0 Å². The van der Waals surface area contributed by atoms with E-state index in [0.29, 0.717) is 19.6 Å². The minimum Gasteiger partial charge on any atom is -0.369 e. The lowest BCUT2D eigenvalue weighted by molar-refractivity contribution is 0.0451. The Morgan fingerprint density at radius 2 is 1.50 bits per heavy atom. The number of nitrogen functional groups attached to an aromatic ring is 2. The normalized spacial score (nSPS) is 14.8. The molecule has 0 aliphatic heterocycles. The highest BCUT2D eigenvalue weighted by atomic mass is 28.4. The Morgan fingerprint density at radius 1 is 1.00 bits per heavy atom. The van der Waals surface area contributed by atoms with Crippen LogP contribution in [-0.2, 0) is 13.3 Å². The lowest BCUT2D eigenvalue weighted by Crippen LogP contribution is -2.61. The zero-order valence-corrected chi connectivity index (χ0v) is 14.6. The average Bonchev–Trinajstić information content (AvgIpc) is 2.36. The molecule has 0 saturated carbocycles. The quantitative estimate of drug-likeness (QED) is 0.505. The fourth-order valence-corrected chi connectivity index (χ4v) is 4.53. The summed E-state index contributed by atoms with van der Waals surface area (Å²) in [6.45, 7) is 8.24. The van der Waals surface area contributed by atoms with Gasteiger partial charge in [0, 0.05) is 25.4 Å². The van der Waals surface area contributed by atoms with E-state index in [1.54, 1.807) is 0 Å². The summed E-state index contributed by atoms with van der Waals surface area (Å²) < 4.78 is 17.7. The van der Waals surface area contributed by atoms with Crippen LogP contribution in [0.5, 0.6) is 0 Å². The van der Waals surface area contributed by atoms with Gasteiger partial charge in [-0.2, -0.15) is 15.0 Å². The summed E-state index contributed by atoms with van der Waals surface area (Å²) in [7, 11) is -3.34. The summed E-state index contributed by atoms with van der Waals surface area (Å²) in [6, 6.07) is -0.0153. The maximum Gasteiger partial charge on any atom is 0.576 e. The van der Waals surface area contributed by atoms with Crippen molar-refractivity contribution in [1.29, 1.82) is 0 Å². The van der Waals surface area contributed by atoms with E-state index in [9.17, 15) is 0 Å². The molecule has 22 heavy (non-hydrogen) atoms. The second-order valence-electron chi connectivity index (χ2n) is 4.94. The summed E-state index contributed by atoms with van der Waals surface area (Å²) in [5.41, 5.74) is 17.3. The fourth-order valence-electron chi connectivity index (χ4n) is 2.05. The third-order valence-corrected chi connectivity index (χ3v) is 5.49. The van der Waals surface area contributed by atoms with Crippen LogP contribution in [0.1, 0.15) is 34.1 Å². The highest BCUT2D eigenvalue weighted by molar-refractivity contribution is 6.73. The Hall–Kier alpha value is -1.33. The molecular weight excluding hydrogens is 304 g/mol. The van der Waals surface area contributed by atoms with Crippen molar-refractivity contribution in [2.75, 3.05) is 24.7 Å². The number of anilines is 2. The number of nitrogens with two attached hydrogens (primary N) is 3. The van der Waals surface area contributed by atoms with Gasteiger partial charge in [-0.1, -0.05) is 0 Å². The van der Waals surface area contributed by atoms with Crippen LogP contribution in [0.4, 0.5) is 11.9 Å². The van der Waals surface area contributed by atoms with Crippen LogP contribution in [0.3, 0.4) is 0 Å². The Kier molecular flexibility index (Phi) is 7.09. The molecule has 0 amide bonds. The molecule has 0 radical (unpaired) electrons. The summed E-state index contributed by atoms with van der Waals surface area (Å²) in [5, 5.41) is 0. The summed E-state index contributed by atoms with van der Waals surface area (Å²) in [4.78, 5) is 12.0. The molecule has 0 saturated heterocycles. The van der Waals surface area contributed by atoms with Crippen molar-refractivity contribution in [2.24, 2.45) is 5.73 Å². The molecule has 2 unspecified atom stereocenters. The molecule has 6 N–H and O–H groups in total. The average molecular weight is 330 g/mol. The molecule has 1 heterocycles. The van der Waals surface area contributed by atoms with E-state index in [0.717, 1.165) is 0 Å². The van der Waals surface area contributed by atoms with Crippen LogP contribution in [-0.4, -0.2) is 49.1 Å². The SMILES string of the molecule is CCO[Si](OCC)(OC(C)CC(C)N)c1nc(N)nc(N)n1. The van der Waals surface area contributed by atoms with E-state index in [2.05, 4.69) is 15.0 Å². The molecule has 1 aromatic heterocycles. The Bertz CT molecular complexity index is 450. The third-order valence-electron chi connectivity index (χ3n) is 2.67. The standard InChI is InChI=1S/C12H26N6O3Si/c1-5-19-22(20-6-2,21-9(4)7-8(3)13)12-17-10(14)16-11(15)18-12/h8-9H,5-7,13H2,1-4H3,(H4,14,15,16,17,18). The van der Waals surface area contributed by atoms with E-state index in [1.807, 2.05) is 27.7 Å². The van der Waals surface area contributed by atoms with Crippen molar-refractivity contribution in [3.05, 3.63) is 0 Å². The van der Waals surface area contributed by atoms with Crippen LogP contribution in [0.15, 0.2) is 0 Å². The zero-order valence-electron chi connectivity index (χ0n) is 13.6. The lowest BCUT2D eigenvalue weighted by atomic mass is 10.2. The van der Waals surface area contributed by atoms with Gasteiger partial charge in [-0.25, -0.2) is 0 Å². The van der Waals surface area contributed by atoms with Gasteiger partial charge in [0.25, 0.3) is 0 Å². The predicted octanol–water partition coefficient (Wildman–Crippen LogP) is -0.603. The second kappa shape index (κ2) is 8.34. The number of rotatable bonds is 9. The molecule has 0 aliphatic rings. The number of hydrogen-bond acceptors (Lipinski definition) is 9. The highest BCUT2D eigenvalue weighted by Gasteiger charge is 2.49. The van der Waals surface area contributed by atoms with Gasteiger partial charge >= 0.3 is 8.80 Å². The second-order valence-corrected chi connectivity index (χ2v) is 7.31. The molecule has 0 aliphatic carbocycles. The summed E-state index contributed by atoms with van der Waals surface area (Å²) in [5.74, 6) is 0.00412. The van der Waals surface area contributed by atoms with E-state index in [4.69, 9.17) is 30.5 Å². The van der Waals surface area contributed by atoms with Crippen LogP contribution in [0.25, 0.3) is 0 Å². The highest BCUT2D eigenvalue weighted by Crippen LogP contribution is 2.15. The molecule has 0 fully saturated rings. The first-order valence-corrected chi connectivity index (χ1v) is 9.04. The van der Waals surface area contributed by atoms with Gasteiger partial charge in [0.2, 0.25) is 17.3 Å². The van der Waals surface area contributed by atoms with E-state index < -0.39 is 8.80 Å². The van der Waals surface area contributed by atoms with Crippen molar-refractivity contribution in [3.63, 3.8) is 0 Å². The molecule has 126 valence electrons. The topological polar surface area (TPSA) is 144 Å². The van der Waals surface area contributed by atoms with Crippen LogP contribution in [0.2, 0.25) is 0 Å². The first-order chi connectivity index (χ1) is 10.3. The van der Waals surface area contributed by atoms with Gasteiger partial charge in [0.15, 0.2) is 0 Å². The van der Waals surface area contributed by atoms with Crippen LogP contribution >= 0.6 is 0 Å². The molecule has 10 heteroatoms. The van der Waals surface area contributed by atoms with Crippen LogP contribution in [0, 0.1) is 0 Å². The van der Waals surface area contributed by atoms with Crippen molar-refractivity contribution >= 4 is 26.1 Å². The fraction of sp³-hybridized carbons (Fsp3) is 0.750. The monoisotopic (exact) mass is 330 g/mol.